The minimum atomic E-state index is -0.0965. The van der Waals surface area contributed by atoms with Gasteiger partial charge in [0.1, 0.15) is 5.82 Å². The second kappa shape index (κ2) is 6.32. The van der Waals surface area contributed by atoms with Crippen molar-refractivity contribution in [2.75, 3.05) is 32.1 Å². The van der Waals surface area contributed by atoms with E-state index in [1.54, 1.807) is 6.07 Å². The number of anilines is 1. The van der Waals surface area contributed by atoms with E-state index in [1.165, 1.54) is 19.3 Å². The molecule has 2 aliphatic rings. The van der Waals surface area contributed by atoms with E-state index < -0.39 is 0 Å². The molecule has 1 unspecified atom stereocenters. The predicted octanol–water partition coefficient (Wildman–Crippen LogP) is 2.61. The molecule has 0 amide bonds. The van der Waals surface area contributed by atoms with Gasteiger partial charge in [-0.05, 0) is 50.9 Å². The summed E-state index contributed by atoms with van der Waals surface area (Å²) in [7, 11) is 4.19. The van der Waals surface area contributed by atoms with Gasteiger partial charge in [-0.1, -0.05) is 12.1 Å². The van der Waals surface area contributed by atoms with Gasteiger partial charge in [0.15, 0.2) is 0 Å². The molecule has 1 atom stereocenters. The van der Waals surface area contributed by atoms with Gasteiger partial charge >= 0.3 is 0 Å². The van der Waals surface area contributed by atoms with E-state index in [1.807, 2.05) is 13.1 Å². The Balaban J connectivity index is 1.77. The molecule has 2 fully saturated rings. The predicted molar refractivity (Wildman–Crippen MR) is 85.2 cm³/mol. The molecule has 1 saturated carbocycles. The molecule has 1 heterocycles. The molecule has 1 aromatic carbocycles. The van der Waals surface area contributed by atoms with Crippen LogP contribution in [0.4, 0.5) is 10.1 Å². The van der Waals surface area contributed by atoms with Gasteiger partial charge in [0, 0.05) is 32.2 Å². The van der Waals surface area contributed by atoms with Crippen molar-refractivity contribution in [1.82, 2.24) is 10.2 Å². The Morgan fingerprint density at radius 2 is 2.14 bits per heavy atom. The average Bonchev–Trinajstić information content (AvgIpc) is 3.29. The number of hydrogen-bond acceptors (Lipinski definition) is 3. The van der Waals surface area contributed by atoms with Gasteiger partial charge in [0.2, 0.25) is 0 Å². The number of para-hydroxylation sites is 1. The lowest BCUT2D eigenvalue weighted by atomic mass is 10.0. The van der Waals surface area contributed by atoms with Crippen LogP contribution in [0.25, 0.3) is 0 Å². The van der Waals surface area contributed by atoms with Crippen LogP contribution >= 0.6 is 0 Å². The minimum Gasteiger partial charge on any atom is -0.368 e. The van der Waals surface area contributed by atoms with Crippen molar-refractivity contribution in [3.05, 3.63) is 29.6 Å². The Bertz CT molecular complexity index is 487. The molecular formula is C17H26FN3. The van der Waals surface area contributed by atoms with Crippen molar-refractivity contribution in [2.24, 2.45) is 0 Å². The summed E-state index contributed by atoms with van der Waals surface area (Å²) in [4.78, 5) is 4.50. The maximum absolute atomic E-state index is 14.4. The first-order valence-electron chi connectivity index (χ1n) is 8.07. The molecule has 0 bridgehead atoms. The Kier molecular flexibility index (Phi) is 4.45. The van der Waals surface area contributed by atoms with Crippen LogP contribution in [0.5, 0.6) is 0 Å². The van der Waals surface area contributed by atoms with Crippen LogP contribution in [0.3, 0.4) is 0 Å². The topological polar surface area (TPSA) is 18.5 Å². The molecule has 1 saturated heterocycles. The molecule has 3 nitrogen and oxygen atoms in total. The Hall–Kier alpha value is -1.13. The fraction of sp³-hybridized carbons (Fsp3) is 0.647. The third-order valence-corrected chi connectivity index (χ3v) is 4.73. The molecular weight excluding hydrogens is 265 g/mol. The molecule has 1 N–H and O–H groups in total. The molecule has 1 aliphatic heterocycles. The van der Waals surface area contributed by atoms with Crippen LogP contribution in [0.15, 0.2) is 18.2 Å². The van der Waals surface area contributed by atoms with Crippen molar-refractivity contribution in [3.8, 4) is 0 Å². The second-order valence-electron chi connectivity index (χ2n) is 6.57. The van der Waals surface area contributed by atoms with Crippen molar-refractivity contribution in [3.63, 3.8) is 0 Å². The molecule has 3 rings (SSSR count). The van der Waals surface area contributed by atoms with Gasteiger partial charge in [-0.2, -0.15) is 0 Å². The largest absolute Gasteiger partial charge is 0.368 e. The van der Waals surface area contributed by atoms with Crippen molar-refractivity contribution in [2.45, 2.75) is 44.3 Å². The van der Waals surface area contributed by atoms with Crippen molar-refractivity contribution >= 4 is 5.69 Å². The summed E-state index contributed by atoms with van der Waals surface area (Å²) in [5, 5.41) is 3.50. The van der Waals surface area contributed by atoms with E-state index in [-0.39, 0.29) is 5.82 Å². The quantitative estimate of drug-likeness (QED) is 0.899. The number of benzene rings is 1. The van der Waals surface area contributed by atoms with E-state index in [0.717, 1.165) is 37.3 Å². The highest BCUT2D eigenvalue weighted by atomic mass is 19.1. The first-order valence-corrected chi connectivity index (χ1v) is 8.07. The van der Waals surface area contributed by atoms with E-state index in [2.05, 4.69) is 28.2 Å². The number of rotatable bonds is 5. The van der Waals surface area contributed by atoms with Gasteiger partial charge < -0.3 is 15.1 Å². The number of hydrogen-bond donors (Lipinski definition) is 1. The summed E-state index contributed by atoms with van der Waals surface area (Å²) in [5.74, 6) is -0.0965. The number of likely N-dealkylation sites (tertiary alicyclic amines) is 1. The molecule has 0 aromatic heterocycles. The summed E-state index contributed by atoms with van der Waals surface area (Å²) in [6, 6.07) is 6.51. The molecule has 0 spiro atoms. The first kappa shape index (κ1) is 14.8. The van der Waals surface area contributed by atoms with Crippen LogP contribution in [-0.4, -0.2) is 44.2 Å². The fourth-order valence-corrected chi connectivity index (χ4v) is 3.28. The normalized spacial score (nSPS) is 23.3. The van der Waals surface area contributed by atoms with E-state index >= 15 is 0 Å². The Morgan fingerprint density at radius 3 is 2.86 bits per heavy atom. The lowest BCUT2D eigenvalue weighted by Gasteiger charge is -2.38. The first-order chi connectivity index (χ1) is 10.1. The van der Waals surface area contributed by atoms with Gasteiger partial charge in [-0.25, -0.2) is 4.39 Å². The highest BCUT2D eigenvalue weighted by Crippen LogP contribution is 2.29. The smallest absolute Gasteiger partial charge is 0.146 e. The van der Waals surface area contributed by atoms with Crippen molar-refractivity contribution in [1.29, 1.82) is 0 Å². The standard InChI is InChI=1S/C17H26FN3/c1-20-10-4-6-15(12-20)21(2)17-13(5-3-7-16(17)18)11-19-14-8-9-14/h3,5,7,14-15,19H,4,6,8-12H2,1-2H3. The zero-order chi connectivity index (χ0) is 14.8. The van der Waals surface area contributed by atoms with Gasteiger partial charge in [-0.3, -0.25) is 0 Å². The number of nitrogens with one attached hydrogen (secondary N) is 1. The third kappa shape index (κ3) is 3.55. The van der Waals surface area contributed by atoms with Crippen LogP contribution < -0.4 is 10.2 Å². The zero-order valence-electron chi connectivity index (χ0n) is 13.1. The maximum atomic E-state index is 14.4. The number of halogens is 1. The summed E-state index contributed by atoms with van der Waals surface area (Å²) in [6.45, 7) is 2.93. The van der Waals surface area contributed by atoms with Crippen molar-refractivity contribution < 1.29 is 4.39 Å². The zero-order valence-corrected chi connectivity index (χ0v) is 13.1. The molecule has 21 heavy (non-hydrogen) atoms. The number of piperidine rings is 1. The number of nitrogens with zero attached hydrogens (tertiary/aromatic N) is 2. The minimum absolute atomic E-state index is 0.0965. The van der Waals surface area contributed by atoms with Crippen LogP contribution in [0, 0.1) is 5.82 Å². The Morgan fingerprint density at radius 1 is 1.33 bits per heavy atom. The molecule has 116 valence electrons. The maximum Gasteiger partial charge on any atom is 0.146 e. The number of likely N-dealkylation sites (N-methyl/N-ethyl adjacent to an activating group) is 2. The lowest BCUT2D eigenvalue weighted by molar-refractivity contribution is 0.247. The van der Waals surface area contributed by atoms with Crippen LogP contribution in [0.2, 0.25) is 0 Å². The third-order valence-electron chi connectivity index (χ3n) is 4.73. The lowest BCUT2D eigenvalue weighted by Crippen LogP contribution is -2.45. The van der Waals surface area contributed by atoms with Crippen LogP contribution in [0.1, 0.15) is 31.2 Å². The summed E-state index contributed by atoms with van der Waals surface area (Å²) < 4.78 is 14.4. The molecule has 1 aromatic rings. The van der Waals surface area contributed by atoms with E-state index in [9.17, 15) is 4.39 Å². The average molecular weight is 291 g/mol. The van der Waals surface area contributed by atoms with E-state index in [4.69, 9.17) is 0 Å². The summed E-state index contributed by atoms with van der Waals surface area (Å²) in [5.41, 5.74) is 1.86. The monoisotopic (exact) mass is 291 g/mol. The SMILES string of the molecule is CN1CCCC(N(C)c2c(F)cccc2CNC2CC2)C1. The fourth-order valence-electron chi connectivity index (χ4n) is 3.28. The van der Waals surface area contributed by atoms with Crippen LogP contribution in [-0.2, 0) is 6.54 Å². The van der Waals surface area contributed by atoms with Gasteiger partial charge in [0.05, 0.1) is 5.69 Å². The highest BCUT2D eigenvalue weighted by molar-refractivity contribution is 5.55. The molecule has 4 heteroatoms. The van der Waals surface area contributed by atoms with Gasteiger partial charge in [-0.15, -0.1) is 0 Å². The molecule has 1 aliphatic carbocycles. The second-order valence-corrected chi connectivity index (χ2v) is 6.57. The molecule has 0 radical (unpaired) electrons. The Labute approximate surface area is 127 Å². The van der Waals surface area contributed by atoms with Gasteiger partial charge in [0.25, 0.3) is 0 Å². The summed E-state index contributed by atoms with van der Waals surface area (Å²) in [6.07, 6.45) is 4.85. The highest BCUT2D eigenvalue weighted by Gasteiger charge is 2.26. The summed E-state index contributed by atoms with van der Waals surface area (Å²) >= 11 is 0. The van der Waals surface area contributed by atoms with E-state index in [0.29, 0.717) is 12.1 Å².